The Bertz CT molecular complexity index is 407. The second-order valence-electron chi connectivity index (χ2n) is 4.89. The number of nitrogens with one attached hydrogen (secondary N) is 2. The number of carbonyl (C=O) groups is 1. The molecular weight excluding hydrogens is 339 g/mol. The number of hydrogen-bond acceptors (Lipinski definition) is 2. The Labute approximate surface area is 123 Å². The van der Waals surface area contributed by atoms with E-state index < -0.39 is 0 Å². The summed E-state index contributed by atoms with van der Waals surface area (Å²) in [5.41, 5.74) is 0.869. The molecule has 4 heteroatoms. The Kier molecular flexibility index (Phi) is 6.08. The highest BCUT2D eigenvalue weighted by atomic mass is 127. The van der Waals surface area contributed by atoms with Gasteiger partial charge in [-0.25, -0.2) is 0 Å². The van der Waals surface area contributed by atoms with E-state index in [2.05, 4.69) is 54.0 Å². The molecule has 0 saturated heterocycles. The van der Waals surface area contributed by atoms with E-state index in [0.717, 1.165) is 9.26 Å². The topological polar surface area (TPSA) is 41.1 Å². The van der Waals surface area contributed by atoms with E-state index in [1.54, 1.807) is 0 Å². The maximum Gasteiger partial charge on any atom is 0.241 e. The average molecular weight is 360 g/mol. The van der Waals surface area contributed by atoms with Crippen molar-refractivity contribution in [1.82, 2.24) is 5.32 Å². The molecule has 0 heterocycles. The van der Waals surface area contributed by atoms with E-state index in [4.69, 9.17) is 0 Å². The standard InChI is InChI=1S/C14H21IN2O/c1-9(2)10(3)16-11(4)14(18)17-13-8-6-5-7-12(13)15/h5-11,16H,1-4H3,(H,17,18)/t10-,11+/m0/s1. The van der Waals surface area contributed by atoms with Crippen LogP contribution >= 0.6 is 22.6 Å². The van der Waals surface area contributed by atoms with Gasteiger partial charge in [-0.05, 0) is 54.5 Å². The molecule has 0 fully saturated rings. The van der Waals surface area contributed by atoms with Gasteiger partial charge in [0.05, 0.1) is 11.7 Å². The molecule has 100 valence electrons. The first kappa shape index (κ1) is 15.4. The molecular formula is C14H21IN2O. The monoisotopic (exact) mass is 360 g/mol. The fraction of sp³-hybridized carbons (Fsp3) is 0.500. The Morgan fingerprint density at radius 1 is 1.17 bits per heavy atom. The van der Waals surface area contributed by atoms with Crippen molar-refractivity contribution in [3.05, 3.63) is 27.8 Å². The van der Waals surface area contributed by atoms with Gasteiger partial charge in [-0.1, -0.05) is 26.0 Å². The summed E-state index contributed by atoms with van der Waals surface area (Å²) in [5.74, 6) is 0.517. The smallest absolute Gasteiger partial charge is 0.241 e. The van der Waals surface area contributed by atoms with Crippen molar-refractivity contribution in [1.29, 1.82) is 0 Å². The summed E-state index contributed by atoms with van der Waals surface area (Å²) in [7, 11) is 0. The van der Waals surface area contributed by atoms with Crippen molar-refractivity contribution in [3.8, 4) is 0 Å². The normalized spacial score (nSPS) is 14.3. The molecule has 2 atom stereocenters. The third-order valence-electron chi connectivity index (χ3n) is 3.04. The van der Waals surface area contributed by atoms with Crippen LogP contribution in [-0.2, 0) is 4.79 Å². The minimum atomic E-state index is -0.196. The Morgan fingerprint density at radius 3 is 2.33 bits per heavy atom. The summed E-state index contributed by atoms with van der Waals surface area (Å²) in [4.78, 5) is 12.0. The largest absolute Gasteiger partial charge is 0.324 e. The molecule has 1 aromatic rings. The summed E-state index contributed by atoms with van der Waals surface area (Å²) < 4.78 is 1.05. The van der Waals surface area contributed by atoms with Crippen LogP contribution in [0.15, 0.2) is 24.3 Å². The molecule has 3 nitrogen and oxygen atoms in total. The Hall–Kier alpha value is -0.620. The Morgan fingerprint density at radius 2 is 1.78 bits per heavy atom. The molecule has 0 saturated carbocycles. The zero-order valence-electron chi connectivity index (χ0n) is 11.3. The van der Waals surface area contributed by atoms with E-state index in [-0.39, 0.29) is 11.9 Å². The van der Waals surface area contributed by atoms with Gasteiger partial charge in [0.15, 0.2) is 0 Å². The maximum atomic E-state index is 12.0. The number of para-hydroxylation sites is 1. The van der Waals surface area contributed by atoms with Gasteiger partial charge in [-0.2, -0.15) is 0 Å². The van der Waals surface area contributed by atoms with Crippen LogP contribution in [0.1, 0.15) is 27.7 Å². The van der Waals surface area contributed by atoms with Crippen LogP contribution in [0.2, 0.25) is 0 Å². The molecule has 0 unspecified atom stereocenters. The number of amides is 1. The molecule has 0 aromatic heterocycles. The highest BCUT2D eigenvalue weighted by Gasteiger charge is 2.17. The van der Waals surface area contributed by atoms with Crippen LogP contribution in [0.4, 0.5) is 5.69 Å². The molecule has 0 spiro atoms. The summed E-state index contributed by atoms with van der Waals surface area (Å²) in [6.07, 6.45) is 0. The van der Waals surface area contributed by atoms with Crippen LogP contribution in [0, 0.1) is 9.49 Å². The number of rotatable bonds is 5. The van der Waals surface area contributed by atoms with Crippen LogP contribution in [0.3, 0.4) is 0 Å². The van der Waals surface area contributed by atoms with Crippen LogP contribution < -0.4 is 10.6 Å². The third kappa shape index (κ3) is 4.57. The molecule has 0 aliphatic carbocycles. The molecule has 0 radical (unpaired) electrons. The van der Waals surface area contributed by atoms with Gasteiger partial charge < -0.3 is 10.6 Å². The summed E-state index contributed by atoms with van der Waals surface area (Å²) >= 11 is 2.22. The second kappa shape index (κ2) is 7.09. The average Bonchev–Trinajstić information content (AvgIpc) is 2.31. The molecule has 0 aliphatic heterocycles. The molecule has 2 N–H and O–H groups in total. The van der Waals surface area contributed by atoms with Crippen LogP contribution in [0.5, 0.6) is 0 Å². The van der Waals surface area contributed by atoms with E-state index in [1.807, 2.05) is 31.2 Å². The molecule has 18 heavy (non-hydrogen) atoms. The van der Waals surface area contributed by atoms with Crippen molar-refractivity contribution < 1.29 is 4.79 Å². The van der Waals surface area contributed by atoms with E-state index >= 15 is 0 Å². The fourth-order valence-corrected chi connectivity index (χ4v) is 1.99. The second-order valence-corrected chi connectivity index (χ2v) is 6.05. The minimum absolute atomic E-state index is 0.00613. The van der Waals surface area contributed by atoms with Crippen molar-refractivity contribution in [3.63, 3.8) is 0 Å². The van der Waals surface area contributed by atoms with Gasteiger partial charge in [0.1, 0.15) is 0 Å². The fourth-order valence-electron chi connectivity index (χ4n) is 1.47. The number of carbonyl (C=O) groups excluding carboxylic acids is 1. The molecule has 1 aromatic carbocycles. The van der Waals surface area contributed by atoms with E-state index in [0.29, 0.717) is 12.0 Å². The molecule has 1 amide bonds. The lowest BCUT2D eigenvalue weighted by Crippen LogP contribution is -2.44. The first-order chi connectivity index (χ1) is 8.41. The first-order valence-corrected chi connectivity index (χ1v) is 7.31. The van der Waals surface area contributed by atoms with Gasteiger partial charge in [-0.3, -0.25) is 4.79 Å². The van der Waals surface area contributed by atoms with Gasteiger partial charge in [-0.15, -0.1) is 0 Å². The lowest BCUT2D eigenvalue weighted by atomic mass is 10.1. The molecule has 0 bridgehead atoms. The predicted molar refractivity (Wildman–Crippen MR) is 84.7 cm³/mol. The van der Waals surface area contributed by atoms with Gasteiger partial charge >= 0.3 is 0 Å². The predicted octanol–water partition coefficient (Wildman–Crippen LogP) is 3.25. The van der Waals surface area contributed by atoms with Gasteiger partial charge in [0.2, 0.25) is 5.91 Å². The zero-order chi connectivity index (χ0) is 13.7. The number of halogens is 1. The number of benzene rings is 1. The highest BCUT2D eigenvalue weighted by molar-refractivity contribution is 14.1. The lowest BCUT2D eigenvalue weighted by Gasteiger charge is -2.22. The summed E-state index contributed by atoms with van der Waals surface area (Å²) in [6, 6.07) is 7.90. The van der Waals surface area contributed by atoms with Crippen LogP contribution in [-0.4, -0.2) is 18.0 Å². The highest BCUT2D eigenvalue weighted by Crippen LogP contribution is 2.17. The number of hydrogen-bond donors (Lipinski definition) is 2. The third-order valence-corrected chi connectivity index (χ3v) is 3.98. The van der Waals surface area contributed by atoms with Crippen molar-refractivity contribution in [2.75, 3.05) is 5.32 Å². The van der Waals surface area contributed by atoms with Crippen LogP contribution in [0.25, 0.3) is 0 Å². The maximum absolute atomic E-state index is 12.0. The lowest BCUT2D eigenvalue weighted by molar-refractivity contribution is -0.118. The molecule has 1 rings (SSSR count). The number of anilines is 1. The summed E-state index contributed by atoms with van der Waals surface area (Å²) in [5, 5.41) is 6.25. The van der Waals surface area contributed by atoms with Crippen molar-refractivity contribution in [2.24, 2.45) is 5.92 Å². The van der Waals surface area contributed by atoms with Crippen molar-refractivity contribution >= 4 is 34.2 Å². The first-order valence-electron chi connectivity index (χ1n) is 6.23. The molecule has 0 aliphatic rings. The minimum Gasteiger partial charge on any atom is -0.324 e. The van der Waals surface area contributed by atoms with E-state index in [1.165, 1.54) is 0 Å². The summed E-state index contributed by atoms with van der Waals surface area (Å²) in [6.45, 7) is 8.27. The Balaban J connectivity index is 2.58. The van der Waals surface area contributed by atoms with Gasteiger partial charge in [0, 0.05) is 9.61 Å². The van der Waals surface area contributed by atoms with Crippen molar-refractivity contribution in [2.45, 2.75) is 39.8 Å². The van der Waals surface area contributed by atoms with E-state index in [9.17, 15) is 4.79 Å². The quantitative estimate of drug-likeness (QED) is 0.792. The zero-order valence-corrected chi connectivity index (χ0v) is 13.5. The van der Waals surface area contributed by atoms with Gasteiger partial charge in [0.25, 0.3) is 0 Å². The SMILES string of the molecule is CC(C)[C@H](C)N[C@H](C)C(=O)Nc1ccccc1I.